The lowest BCUT2D eigenvalue weighted by atomic mass is 9.90. The van der Waals surface area contributed by atoms with Crippen LogP contribution in [0.4, 0.5) is 0 Å². The van der Waals surface area contributed by atoms with E-state index in [4.69, 9.17) is 0 Å². The van der Waals surface area contributed by atoms with Gasteiger partial charge in [-0.1, -0.05) is 31.2 Å². The van der Waals surface area contributed by atoms with Crippen molar-refractivity contribution >= 4 is 0 Å². The molecule has 2 unspecified atom stereocenters. The van der Waals surface area contributed by atoms with Crippen molar-refractivity contribution in [2.75, 3.05) is 6.54 Å². The number of nitrogens with one attached hydrogen (secondary N) is 1. The van der Waals surface area contributed by atoms with Crippen LogP contribution in [0, 0.1) is 11.8 Å². The Kier molecular flexibility index (Phi) is 5.48. The molecule has 19 heavy (non-hydrogen) atoms. The molecule has 1 N–H and O–H groups in total. The highest BCUT2D eigenvalue weighted by Crippen LogP contribution is 2.36. The van der Waals surface area contributed by atoms with Gasteiger partial charge in [0.1, 0.15) is 0 Å². The lowest BCUT2D eigenvalue weighted by Crippen LogP contribution is -2.34. The van der Waals surface area contributed by atoms with E-state index >= 15 is 0 Å². The number of rotatable bonds is 6. The zero-order chi connectivity index (χ0) is 13.5. The summed E-state index contributed by atoms with van der Waals surface area (Å²) < 4.78 is 0. The molecule has 1 aliphatic rings. The second-order valence-corrected chi connectivity index (χ2v) is 5.37. The van der Waals surface area contributed by atoms with E-state index in [1.54, 1.807) is 11.1 Å². The van der Waals surface area contributed by atoms with Crippen molar-refractivity contribution in [2.45, 2.75) is 57.9 Å². The van der Waals surface area contributed by atoms with Crippen LogP contribution in [0.25, 0.3) is 0 Å². The smallest absolute Gasteiger partial charge is 0.0145 e. The fraction of sp³-hybridized carbons (Fsp3) is 0.556. The van der Waals surface area contributed by atoms with Crippen LogP contribution in [-0.4, -0.2) is 12.6 Å². The molecule has 0 saturated carbocycles. The first kappa shape index (κ1) is 14.2. The van der Waals surface area contributed by atoms with Crippen LogP contribution in [0.3, 0.4) is 0 Å². The van der Waals surface area contributed by atoms with Gasteiger partial charge in [0.15, 0.2) is 0 Å². The summed E-state index contributed by atoms with van der Waals surface area (Å²) in [5.74, 6) is 6.91. The van der Waals surface area contributed by atoms with Crippen LogP contribution in [0.5, 0.6) is 0 Å². The lowest BCUT2D eigenvalue weighted by Gasteiger charge is -2.25. The summed E-state index contributed by atoms with van der Waals surface area (Å²) >= 11 is 0. The van der Waals surface area contributed by atoms with E-state index in [1.165, 1.54) is 25.7 Å². The largest absolute Gasteiger partial charge is 0.313 e. The Morgan fingerprint density at radius 3 is 3.00 bits per heavy atom. The van der Waals surface area contributed by atoms with Crippen LogP contribution in [-0.2, 0) is 6.42 Å². The summed E-state index contributed by atoms with van der Waals surface area (Å²) in [4.78, 5) is 0. The molecule has 0 heterocycles. The van der Waals surface area contributed by atoms with E-state index < -0.39 is 0 Å². The quantitative estimate of drug-likeness (QED) is 0.760. The number of benzene rings is 1. The molecule has 102 valence electrons. The Bertz CT molecular complexity index is 452. The first-order valence-corrected chi connectivity index (χ1v) is 7.57. The maximum absolute atomic E-state index is 3.74. The third kappa shape index (κ3) is 3.61. The Hall–Kier alpha value is -1.26. The minimum Gasteiger partial charge on any atom is -0.313 e. The minimum atomic E-state index is 0.587. The first-order chi connectivity index (χ1) is 9.36. The highest BCUT2D eigenvalue weighted by Gasteiger charge is 2.28. The Balaban J connectivity index is 2.07. The van der Waals surface area contributed by atoms with Gasteiger partial charge in [-0.15, -0.1) is 11.8 Å². The van der Waals surface area contributed by atoms with Crippen molar-refractivity contribution in [3.05, 3.63) is 35.4 Å². The topological polar surface area (TPSA) is 12.0 Å². The van der Waals surface area contributed by atoms with Crippen molar-refractivity contribution < 1.29 is 0 Å². The lowest BCUT2D eigenvalue weighted by molar-refractivity contribution is 0.409. The monoisotopic (exact) mass is 255 g/mol. The van der Waals surface area contributed by atoms with Crippen molar-refractivity contribution in [1.82, 2.24) is 5.32 Å². The average molecular weight is 255 g/mol. The van der Waals surface area contributed by atoms with Gasteiger partial charge < -0.3 is 5.32 Å². The fourth-order valence-corrected chi connectivity index (χ4v) is 3.14. The zero-order valence-electron chi connectivity index (χ0n) is 12.2. The van der Waals surface area contributed by atoms with Crippen LogP contribution in [0.15, 0.2) is 24.3 Å². The molecule has 0 radical (unpaired) electrons. The van der Waals surface area contributed by atoms with Gasteiger partial charge in [-0.2, -0.15) is 0 Å². The van der Waals surface area contributed by atoms with Gasteiger partial charge >= 0.3 is 0 Å². The van der Waals surface area contributed by atoms with Gasteiger partial charge in [-0.05, 0) is 56.2 Å². The summed E-state index contributed by atoms with van der Waals surface area (Å²) in [5, 5.41) is 3.74. The summed E-state index contributed by atoms with van der Waals surface area (Å²) in [6.45, 7) is 5.28. The van der Waals surface area contributed by atoms with Crippen molar-refractivity contribution in [1.29, 1.82) is 0 Å². The molecule has 1 aromatic carbocycles. The van der Waals surface area contributed by atoms with E-state index in [-0.39, 0.29) is 0 Å². The second-order valence-electron chi connectivity index (χ2n) is 5.37. The highest BCUT2D eigenvalue weighted by molar-refractivity contribution is 5.36. The van der Waals surface area contributed by atoms with Gasteiger partial charge in [0.2, 0.25) is 0 Å². The van der Waals surface area contributed by atoms with Gasteiger partial charge in [0.05, 0.1) is 0 Å². The number of aryl methyl sites for hydroxylation is 1. The third-order valence-corrected chi connectivity index (χ3v) is 4.08. The molecule has 2 rings (SSSR count). The number of hydrogen-bond donors (Lipinski definition) is 1. The molecule has 0 aromatic heterocycles. The molecule has 1 nitrogen and oxygen atoms in total. The molecule has 1 aromatic rings. The SMILES string of the molecule is CC#CCCC(NCCC)C1CCc2ccccc21. The summed E-state index contributed by atoms with van der Waals surface area (Å²) in [6, 6.07) is 9.54. The average Bonchev–Trinajstić information content (AvgIpc) is 2.87. The Labute approximate surface area is 117 Å². The van der Waals surface area contributed by atoms with Crippen LogP contribution >= 0.6 is 0 Å². The molecule has 0 aliphatic heterocycles. The molecule has 0 fully saturated rings. The first-order valence-electron chi connectivity index (χ1n) is 7.57. The number of hydrogen-bond acceptors (Lipinski definition) is 1. The molecule has 1 aliphatic carbocycles. The van der Waals surface area contributed by atoms with Gasteiger partial charge in [-0.25, -0.2) is 0 Å². The number of fused-ring (bicyclic) bond motifs is 1. The summed E-state index contributed by atoms with van der Waals surface area (Å²) in [6.07, 6.45) is 5.91. The van der Waals surface area contributed by atoms with Crippen molar-refractivity contribution in [2.24, 2.45) is 0 Å². The predicted octanol–water partition coefficient (Wildman–Crippen LogP) is 3.89. The molecule has 0 bridgehead atoms. The summed E-state index contributed by atoms with van der Waals surface area (Å²) in [5.41, 5.74) is 3.12. The van der Waals surface area contributed by atoms with Crippen molar-refractivity contribution in [3.8, 4) is 11.8 Å². The highest BCUT2D eigenvalue weighted by atomic mass is 14.9. The van der Waals surface area contributed by atoms with Gasteiger partial charge in [-0.3, -0.25) is 0 Å². The third-order valence-electron chi connectivity index (χ3n) is 4.08. The van der Waals surface area contributed by atoms with Crippen LogP contribution in [0.1, 0.15) is 56.6 Å². The van der Waals surface area contributed by atoms with E-state index in [2.05, 4.69) is 48.3 Å². The molecular weight excluding hydrogens is 230 g/mol. The Morgan fingerprint density at radius 2 is 2.21 bits per heavy atom. The second kappa shape index (κ2) is 7.36. The summed E-state index contributed by atoms with van der Waals surface area (Å²) in [7, 11) is 0. The van der Waals surface area contributed by atoms with E-state index in [0.29, 0.717) is 12.0 Å². The maximum Gasteiger partial charge on any atom is 0.0145 e. The molecule has 0 amide bonds. The van der Waals surface area contributed by atoms with E-state index in [1.807, 2.05) is 6.92 Å². The molecule has 1 heteroatoms. The molecular formula is C18H25N. The molecule has 0 spiro atoms. The minimum absolute atomic E-state index is 0.587. The van der Waals surface area contributed by atoms with E-state index in [0.717, 1.165) is 13.0 Å². The fourth-order valence-electron chi connectivity index (χ4n) is 3.14. The van der Waals surface area contributed by atoms with Crippen molar-refractivity contribution in [3.63, 3.8) is 0 Å². The maximum atomic E-state index is 3.74. The Morgan fingerprint density at radius 1 is 1.37 bits per heavy atom. The van der Waals surface area contributed by atoms with Crippen LogP contribution < -0.4 is 5.32 Å². The van der Waals surface area contributed by atoms with Gasteiger partial charge in [0, 0.05) is 12.5 Å². The zero-order valence-corrected chi connectivity index (χ0v) is 12.2. The molecule has 0 saturated heterocycles. The predicted molar refractivity (Wildman–Crippen MR) is 82.3 cm³/mol. The van der Waals surface area contributed by atoms with E-state index in [9.17, 15) is 0 Å². The van der Waals surface area contributed by atoms with Crippen LogP contribution in [0.2, 0.25) is 0 Å². The normalized spacial score (nSPS) is 18.5. The standard InChI is InChI=1S/C18H25N/c1-3-5-6-11-18(19-14-4-2)17-13-12-15-9-7-8-10-16(15)17/h7-10,17-19H,4,6,11-14H2,1-2H3. The van der Waals surface area contributed by atoms with Gasteiger partial charge in [0.25, 0.3) is 0 Å². The molecule has 2 atom stereocenters.